The molecule has 0 saturated heterocycles. The van der Waals surface area contributed by atoms with Gasteiger partial charge in [0.05, 0.1) is 11.8 Å². The van der Waals surface area contributed by atoms with E-state index in [0.29, 0.717) is 0 Å². The Morgan fingerprint density at radius 3 is 1.03 bits per heavy atom. The molecule has 0 heterocycles. The summed E-state index contributed by atoms with van der Waals surface area (Å²) in [4.78, 5) is 53.8. The molecule has 0 aliphatic heterocycles. The number of benzene rings is 4. The predicted molar refractivity (Wildman–Crippen MR) is 281 cm³/mol. The van der Waals surface area contributed by atoms with Crippen LogP contribution < -0.4 is 10.6 Å². The van der Waals surface area contributed by atoms with Crippen molar-refractivity contribution in [1.29, 1.82) is 0 Å². The number of fused-ring (bicyclic) bond motifs is 2. The molecule has 4 bridgehead atoms. The van der Waals surface area contributed by atoms with Gasteiger partial charge in [-0.05, 0) is 109 Å². The molecular weight excluding hydrogens is 893 g/mol. The first-order valence-corrected chi connectivity index (χ1v) is 27.2. The summed E-state index contributed by atoms with van der Waals surface area (Å²) in [6.07, 6.45) is 11.5. The van der Waals surface area contributed by atoms with Crippen molar-refractivity contribution in [3.8, 4) is 0 Å². The Morgan fingerprint density at radius 2 is 0.736 bits per heavy atom. The summed E-state index contributed by atoms with van der Waals surface area (Å²) in [6.45, 7) is 20.7. The molecule has 8 atom stereocenters. The minimum atomic E-state index is -0.436. The van der Waals surface area contributed by atoms with Crippen LogP contribution in [0.1, 0.15) is 187 Å². The number of carbonyl (C=O) groups excluding carboxylic acids is 4. The fourth-order valence-electron chi connectivity index (χ4n) is 15.4. The normalized spacial score (nSPS) is 32.3. The van der Waals surface area contributed by atoms with Crippen LogP contribution in [0.3, 0.4) is 0 Å². The van der Waals surface area contributed by atoms with E-state index in [1.807, 2.05) is 41.5 Å². The van der Waals surface area contributed by atoms with E-state index in [1.54, 1.807) is 0 Å². The molecule has 0 radical (unpaired) electrons. The van der Waals surface area contributed by atoms with Gasteiger partial charge in [0.2, 0.25) is 11.8 Å². The quantitative estimate of drug-likeness (QED) is 0.147. The summed E-state index contributed by atoms with van der Waals surface area (Å²) in [6, 6.07) is 34.1. The number of hydrogen-bond donors (Lipinski definition) is 2. The highest BCUT2D eigenvalue weighted by Gasteiger charge is 2.58. The largest absolute Gasteiger partial charge is 0.461 e. The van der Waals surface area contributed by atoms with Crippen LogP contribution in [0.5, 0.6) is 0 Å². The zero-order valence-electron chi connectivity index (χ0n) is 43.4. The van der Waals surface area contributed by atoms with Crippen LogP contribution >= 0.6 is 0 Å². The van der Waals surface area contributed by atoms with Crippen LogP contribution in [0.25, 0.3) is 0 Å². The molecule has 4 aromatic rings. The molecule has 72 heavy (non-hydrogen) atoms. The number of ether oxygens (including phenoxy) is 2. The highest BCUT2D eigenvalue weighted by atomic mass is 16.6. The Kier molecular flexibility index (Phi) is 12.1. The molecule has 14 rings (SSSR count). The van der Waals surface area contributed by atoms with E-state index in [2.05, 4.69) is 121 Å². The monoisotopic (exact) mass is 967 g/mol. The van der Waals surface area contributed by atoms with E-state index in [9.17, 15) is 19.2 Å². The Labute approximate surface area is 427 Å². The van der Waals surface area contributed by atoms with Crippen LogP contribution in [-0.4, -0.2) is 48.0 Å². The second-order valence-electron chi connectivity index (χ2n) is 24.9. The van der Waals surface area contributed by atoms with Crippen molar-refractivity contribution >= 4 is 23.8 Å². The van der Waals surface area contributed by atoms with Crippen molar-refractivity contribution in [2.75, 3.05) is 0 Å². The first-order chi connectivity index (χ1) is 34.4. The first-order valence-electron chi connectivity index (χ1n) is 27.2. The van der Waals surface area contributed by atoms with Gasteiger partial charge >= 0.3 is 11.9 Å². The van der Waals surface area contributed by atoms with Crippen LogP contribution in [0.2, 0.25) is 0 Å². The second-order valence-corrected chi connectivity index (χ2v) is 24.9. The Hall–Kier alpha value is -5.76. The molecule has 0 aromatic heterocycles. The molecule has 4 aromatic carbocycles. The van der Waals surface area contributed by atoms with Crippen LogP contribution in [0.4, 0.5) is 0 Å². The molecule has 4 saturated carbocycles. The van der Waals surface area contributed by atoms with Gasteiger partial charge < -0.3 is 20.1 Å². The average molecular weight is 967 g/mol. The van der Waals surface area contributed by atoms with Crippen molar-refractivity contribution in [2.24, 2.45) is 33.5 Å². The van der Waals surface area contributed by atoms with Crippen LogP contribution in [0, 0.1) is 33.5 Å². The van der Waals surface area contributed by atoms with Crippen molar-refractivity contribution in [1.82, 2.24) is 10.6 Å². The molecule has 4 fully saturated rings. The number of nitrogens with one attached hydrogen (secondary N) is 2. The fourth-order valence-corrected chi connectivity index (χ4v) is 15.4. The van der Waals surface area contributed by atoms with E-state index in [0.717, 1.165) is 88.2 Å². The maximum Gasteiger partial charge on any atom is 0.314 e. The minimum Gasteiger partial charge on any atom is -0.461 e. The van der Waals surface area contributed by atoms with Crippen molar-refractivity contribution in [3.63, 3.8) is 0 Å². The molecule has 0 unspecified atom stereocenters. The molecule has 2 amide bonds. The lowest BCUT2D eigenvalue weighted by Gasteiger charge is -2.46. The Morgan fingerprint density at radius 1 is 0.458 bits per heavy atom. The van der Waals surface area contributed by atoms with E-state index in [1.165, 1.54) is 44.5 Å². The van der Waals surface area contributed by atoms with Gasteiger partial charge in [-0.3, -0.25) is 19.2 Å². The smallest absolute Gasteiger partial charge is 0.314 e. The standard InChI is InChI=1S/2C32H37NO3/c2*1-19-26-20-11-5-7-13-22(20)28(23-14-8-6-12-21(23)26)27(19)29(34)36-25-16-10-18-32(25)17-9-15-24(32)33-30(35)31(2,3)4/h2*5-8,11-14,24-28H,1,9-10,15-18H2,2-4H3,(H,33,35)/t2*24-,25-,26?,27-,28?,32-/m11/s1. The third kappa shape index (κ3) is 7.74. The molecule has 8 heteroatoms. The number of rotatable bonds is 6. The van der Waals surface area contributed by atoms with E-state index >= 15 is 0 Å². The molecule has 10 aliphatic carbocycles. The maximum atomic E-state index is 14.0. The van der Waals surface area contributed by atoms with Gasteiger partial charge in [-0.2, -0.15) is 0 Å². The second kappa shape index (κ2) is 18.0. The fraction of sp³-hybridized carbons (Fsp3) is 0.500. The summed E-state index contributed by atoms with van der Waals surface area (Å²) >= 11 is 0. The summed E-state index contributed by atoms with van der Waals surface area (Å²) in [5, 5.41) is 6.70. The maximum absolute atomic E-state index is 14.0. The van der Waals surface area contributed by atoms with Crippen molar-refractivity contribution < 1.29 is 28.7 Å². The number of hydrogen-bond acceptors (Lipinski definition) is 6. The van der Waals surface area contributed by atoms with Gasteiger partial charge in [-0.15, -0.1) is 0 Å². The zero-order valence-corrected chi connectivity index (χ0v) is 43.4. The lowest BCUT2D eigenvalue weighted by atomic mass is 9.57. The minimum absolute atomic E-state index is 0.0304. The summed E-state index contributed by atoms with van der Waals surface area (Å²) < 4.78 is 13.0. The molecular formula is C64H74N2O6. The molecule has 2 spiro atoms. The van der Waals surface area contributed by atoms with E-state index in [-0.39, 0.29) is 94.4 Å². The van der Waals surface area contributed by atoms with Crippen molar-refractivity contribution in [2.45, 2.75) is 167 Å². The lowest BCUT2D eigenvalue weighted by molar-refractivity contribution is -0.161. The van der Waals surface area contributed by atoms with Gasteiger partial charge in [0, 0.05) is 57.4 Å². The summed E-state index contributed by atoms with van der Waals surface area (Å²) in [7, 11) is 0. The SMILES string of the molecule is C=C1C2c3ccccc3C(c3ccccc32)[C@@H]1C(=O)O[C@@H]1CCC[C@@]12CCC[C@H]2NC(=O)C(C)(C)C.C=C1C2c3ccccc3C(c3ccccc32)[C@@H]1C(=O)O[C@@H]1CCC[C@@]12CCC[C@H]2NC(=O)C(C)(C)C. The van der Waals surface area contributed by atoms with Gasteiger partial charge in [-0.1, -0.05) is 176 Å². The highest BCUT2D eigenvalue weighted by molar-refractivity contribution is 5.85. The lowest BCUT2D eigenvalue weighted by Crippen LogP contribution is -2.52. The van der Waals surface area contributed by atoms with Gasteiger partial charge in [0.1, 0.15) is 12.2 Å². The average Bonchev–Trinajstić information content (AvgIpc) is 4.17. The topological polar surface area (TPSA) is 111 Å². The van der Waals surface area contributed by atoms with Gasteiger partial charge in [-0.25, -0.2) is 0 Å². The van der Waals surface area contributed by atoms with E-state index < -0.39 is 10.8 Å². The molecule has 8 nitrogen and oxygen atoms in total. The molecule has 376 valence electrons. The molecule has 2 N–H and O–H groups in total. The first kappa shape index (κ1) is 48.5. The van der Waals surface area contributed by atoms with Gasteiger partial charge in [0.15, 0.2) is 0 Å². The van der Waals surface area contributed by atoms with Crippen LogP contribution in [0.15, 0.2) is 121 Å². The number of esters is 2. The summed E-state index contributed by atoms with van der Waals surface area (Å²) in [5.41, 5.74) is 10.7. The third-order valence-corrected chi connectivity index (χ3v) is 18.9. The summed E-state index contributed by atoms with van der Waals surface area (Å²) in [5.74, 6) is -0.919. The van der Waals surface area contributed by atoms with E-state index in [4.69, 9.17) is 9.47 Å². The Bertz CT molecular complexity index is 2570. The Balaban J connectivity index is 0.000000156. The third-order valence-electron chi connectivity index (χ3n) is 18.9. The van der Waals surface area contributed by atoms with Crippen LogP contribution in [-0.2, 0) is 28.7 Å². The predicted octanol–water partition coefficient (Wildman–Crippen LogP) is 12.5. The zero-order chi connectivity index (χ0) is 50.5. The van der Waals surface area contributed by atoms with Gasteiger partial charge in [0.25, 0.3) is 0 Å². The molecule has 10 aliphatic rings. The van der Waals surface area contributed by atoms with Crippen molar-refractivity contribution in [3.05, 3.63) is 166 Å². The number of amides is 2. The number of carbonyl (C=O) groups is 4. The highest BCUT2D eigenvalue weighted by Crippen LogP contribution is 2.61.